The number of nitrogens with zero attached hydrogens (tertiary/aromatic N) is 1. The van der Waals surface area contributed by atoms with Gasteiger partial charge in [0.15, 0.2) is 5.84 Å². The first-order valence-electron chi connectivity index (χ1n) is 5.58. The first-order valence-corrected chi connectivity index (χ1v) is 5.96. The molecule has 0 bridgehead atoms. The lowest BCUT2D eigenvalue weighted by Crippen LogP contribution is -2.24. The largest absolute Gasteiger partial charge is 0.409 e. The molecule has 17 heavy (non-hydrogen) atoms. The minimum Gasteiger partial charge on any atom is -0.409 e. The van der Waals surface area contributed by atoms with Gasteiger partial charge in [0.25, 0.3) is 0 Å². The molecule has 1 aromatic carbocycles. The topological polar surface area (TPSA) is 70.6 Å². The molecular formula is C12H18ClN3O. The average molecular weight is 256 g/mol. The summed E-state index contributed by atoms with van der Waals surface area (Å²) in [6.07, 6.45) is 1.07. The van der Waals surface area contributed by atoms with Crippen LogP contribution in [0.4, 0.5) is 0 Å². The fourth-order valence-electron chi connectivity index (χ4n) is 1.34. The lowest BCUT2D eigenvalue weighted by atomic mass is 10.1. The first-order chi connectivity index (χ1) is 8.08. The van der Waals surface area contributed by atoms with Gasteiger partial charge in [0.2, 0.25) is 0 Å². The van der Waals surface area contributed by atoms with E-state index in [0.29, 0.717) is 23.2 Å². The van der Waals surface area contributed by atoms with E-state index >= 15 is 0 Å². The third-order valence-corrected chi connectivity index (χ3v) is 3.06. The number of hydrogen-bond acceptors (Lipinski definition) is 3. The van der Waals surface area contributed by atoms with Gasteiger partial charge < -0.3 is 16.3 Å². The molecule has 0 radical (unpaired) electrons. The highest BCUT2D eigenvalue weighted by Gasteiger charge is 2.06. The van der Waals surface area contributed by atoms with Gasteiger partial charge in [-0.1, -0.05) is 35.8 Å². The summed E-state index contributed by atoms with van der Waals surface area (Å²) in [6, 6.07) is 5.82. The molecule has 0 heterocycles. The van der Waals surface area contributed by atoms with E-state index in [1.54, 1.807) is 12.1 Å². The van der Waals surface area contributed by atoms with Gasteiger partial charge in [-0.05, 0) is 25.0 Å². The fraction of sp³-hybridized carbons (Fsp3) is 0.417. The molecule has 0 aliphatic carbocycles. The maximum Gasteiger partial charge on any atom is 0.170 e. The summed E-state index contributed by atoms with van der Waals surface area (Å²) in [4.78, 5) is 0. The SMILES string of the molecule is CCC(C)NCc1ccc(/C(N)=N/O)cc1Cl. The minimum atomic E-state index is 0.0633. The van der Waals surface area contributed by atoms with Gasteiger partial charge in [-0.15, -0.1) is 0 Å². The summed E-state index contributed by atoms with van der Waals surface area (Å²) in [5.74, 6) is 0.0633. The highest BCUT2D eigenvalue weighted by molar-refractivity contribution is 6.31. The molecule has 94 valence electrons. The summed E-state index contributed by atoms with van der Waals surface area (Å²) in [5, 5.41) is 15.5. The molecule has 4 nitrogen and oxygen atoms in total. The number of halogens is 1. The summed E-state index contributed by atoms with van der Waals surface area (Å²) in [7, 11) is 0. The number of oxime groups is 1. The van der Waals surface area contributed by atoms with Gasteiger partial charge in [0, 0.05) is 23.2 Å². The normalized spacial score (nSPS) is 13.7. The van der Waals surface area contributed by atoms with Gasteiger partial charge in [0.1, 0.15) is 0 Å². The molecule has 1 atom stereocenters. The van der Waals surface area contributed by atoms with Crippen molar-refractivity contribution in [2.24, 2.45) is 10.9 Å². The molecule has 0 spiro atoms. The predicted molar refractivity (Wildman–Crippen MR) is 70.6 cm³/mol. The maximum atomic E-state index is 8.56. The zero-order valence-corrected chi connectivity index (χ0v) is 10.8. The van der Waals surface area contributed by atoms with Crippen molar-refractivity contribution in [3.63, 3.8) is 0 Å². The standard InChI is InChI=1S/C12H18ClN3O/c1-3-8(2)15-7-10-5-4-9(6-11(10)13)12(14)16-17/h4-6,8,15,17H,3,7H2,1-2H3,(H2,14,16). The van der Waals surface area contributed by atoms with E-state index in [0.717, 1.165) is 12.0 Å². The quantitative estimate of drug-likeness (QED) is 0.327. The second-order valence-corrected chi connectivity index (χ2v) is 4.39. The summed E-state index contributed by atoms with van der Waals surface area (Å²) < 4.78 is 0. The van der Waals surface area contributed by atoms with Crippen LogP contribution < -0.4 is 11.1 Å². The summed E-state index contributed by atoms with van der Waals surface area (Å²) in [6.45, 7) is 4.96. The lowest BCUT2D eigenvalue weighted by Gasteiger charge is -2.12. The Kier molecular flexibility index (Phi) is 5.25. The minimum absolute atomic E-state index is 0.0633. The van der Waals surface area contributed by atoms with Crippen LogP contribution in [0.1, 0.15) is 31.4 Å². The van der Waals surface area contributed by atoms with E-state index in [2.05, 4.69) is 24.3 Å². The summed E-state index contributed by atoms with van der Waals surface area (Å²) >= 11 is 6.12. The Hall–Kier alpha value is -1.26. The van der Waals surface area contributed by atoms with E-state index in [-0.39, 0.29) is 5.84 Å². The number of benzene rings is 1. The van der Waals surface area contributed by atoms with Crippen LogP contribution in [-0.2, 0) is 6.54 Å². The molecule has 0 saturated heterocycles. The molecule has 0 aromatic heterocycles. The molecule has 1 aromatic rings. The third kappa shape index (κ3) is 3.91. The molecule has 0 amide bonds. The van der Waals surface area contributed by atoms with Crippen LogP contribution in [0.3, 0.4) is 0 Å². The van der Waals surface area contributed by atoms with Crippen molar-refractivity contribution in [1.29, 1.82) is 0 Å². The van der Waals surface area contributed by atoms with Crippen molar-refractivity contribution in [1.82, 2.24) is 5.32 Å². The zero-order valence-electron chi connectivity index (χ0n) is 10.1. The van der Waals surface area contributed by atoms with Crippen molar-refractivity contribution >= 4 is 17.4 Å². The number of amidine groups is 1. The Balaban J connectivity index is 2.76. The first kappa shape index (κ1) is 13.8. The number of nitrogens with two attached hydrogens (primary N) is 1. The second kappa shape index (κ2) is 6.47. The highest BCUT2D eigenvalue weighted by atomic mass is 35.5. The zero-order chi connectivity index (χ0) is 12.8. The van der Waals surface area contributed by atoms with Gasteiger partial charge in [-0.25, -0.2) is 0 Å². The van der Waals surface area contributed by atoms with Crippen LogP contribution >= 0.6 is 11.6 Å². The van der Waals surface area contributed by atoms with Crippen LogP contribution in [0.2, 0.25) is 5.02 Å². The van der Waals surface area contributed by atoms with Crippen molar-refractivity contribution in [3.8, 4) is 0 Å². The van der Waals surface area contributed by atoms with E-state index in [4.69, 9.17) is 22.5 Å². The van der Waals surface area contributed by atoms with Crippen molar-refractivity contribution in [2.45, 2.75) is 32.9 Å². The Morgan fingerprint density at radius 1 is 1.59 bits per heavy atom. The highest BCUT2D eigenvalue weighted by Crippen LogP contribution is 2.18. The monoisotopic (exact) mass is 255 g/mol. The molecule has 5 heteroatoms. The van der Waals surface area contributed by atoms with Crippen LogP contribution in [-0.4, -0.2) is 17.1 Å². The molecule has 0 aliphatic rings. The Morgan fingerprint density at radius 3 is 2.82 bits per heavy atom. The van der Waals surface area contributed by atoms with Crippen LogP contribution in [0, 0.1) is 0 Å². The number of hydrogen-bond donors (Lipinski definition) is 3. The van der Waals surface area contributed by atoms with E-state index in [1.807, 2.05) is 6.07 Å². The predicted octanol–water partition coefficient (Wildman–Crippen LogP) is 2.32. The molecular weight excluding hydrogens is 238 g/mol. The van der Waals surface area contributed by atoms with Gasteiger partial charge in [0.05, 0.1) is 0 Å². The van der Waals surface area contributed by atoms with Gasteiger partial charge in [-0.2, -0.15) is 0 Å². The molecule has 0 aliphatic heterocycles. The van der Waals surface area contributed by atoms with Crippen molar-refractivity contribution in [3.05, 3.63) is 34.3 Å². The fourth-order valence-corrected chi connectivity index (χ4v) is 1.58. The number of rotatable bonds is 5. The molecule has 0 fully saturated rings. The Bertz CT molecular complexity index is 407. The molecule has 0 saturated carbocycles. The Labute approximate surface area is 106 Å². The smallest absolute Gasteiger partial charge is 0.170 e. The molecule has 1 unspecified atom stereocenters. The van der Waals surface area contributed by atoms with E-state index < -0.39 is 0 Å². The molecule has 1 rings (SSSR count). The molecule has 4 N–H and O–H groups in total. The van der Waals surface area contributed by atoms with Crippen LogP contribution in [0.15, 0.2) is 23.4 Å². The Morgan fingerprint density at radius 2 is 2.29 bits per heavy atom. The summed E-state index contributed by atoms with van der Waals surface area (Å²) in [5.41, 5.74) is 7.10. The lowest BCUT2D eigenvalue weighted by molar-refractivity contribution is 0.318. The van der Waals surface area contributed by atoms with Crippen LogP contribution in [0.25, 0.3) is 0 Å². The van der Waals surface area contributed by atoms with E-state index in [9.17, 15) is 0 Å². The maximum absolute atomic E-state index is 8.56. The number of nitrogens with one attached hydrogen (secondary N) is 1. The van der Waals surface area contributed by atoms with E-state index in [1.165, 1.54) is 0 Å². The second-order valence-electron chi connectivity index (χ2n) is 3.98. The third-order valence-electron chi connectivity index (χ3n) is 2.71. The van der Waals surface area contributed by atoms with Gasteiger partial charge >= 0.3 is 0 Å². The van der Waals surface area contributed by atoms with Gasteiger partial charge in [-0.3, -0.25) is 0 Å². The van der Waals surface area contributed by atoms with Crippen molar-refractivity contribution in [2.75, 3.05) is 0 Å². The van der Waals surface area contributed by atoms with Crippen molar-refractivity contribution < 1.29 is 5.21 Å². The average Bonchev–Trinajstić information content (AvgIpc) is 2.35. The van der Waals surface area contributed by atoms with Crippen LogP contribution in [0.5, 0.6) is 0 Å².